The van der Waals surface area contributed by atoms with Crippen LogP contribution in [0.15, 0.2) is 18.3 Å². The number of hydrogen-bond acceptors (Lipinski definition) is 3. The van der Waals surface area contributed by atoms with E-state index in [1.807, 2.05) is 30.1 Å². The minimum absolute atomic E-state index is 0.326. The fourth-order valence-corrected chi connectivity index (χ4v) is 2.73. The SMILES string of the molecule is CNn1cccc1C(=N)N1C[C@H]2CC[C@@H](C1)O2. The molecule has 2 atom stereocenters. The molecule has 2 bridgehead atoms. The third-order valence-electron chi connectivity index (χ3n) is 3.59. The topological polar surface area (TPSA) is 53.3 Å². The van der Waals surface area contributed by atoms with E-state index in [-0.39, 0.29) is 0 Å². The smallest absolute Gasteiger partial charge is 0.147 e. The van der Waals surface area contributed by atoms with Gasteiger partial charge in [-0.1, -0.05) is 0 Å². The summed E-state index contributed by atoms with van der Waals surface area (Å²) >= 11 is 0. The fourth-order valence-electron chi connectivity index (χ4n) is 2.73. The Kier molecular flexibility index (Phi) is 2.55. The number of likely N-dealkylation sites (tertiary alicyclic amines) is 1. The van der Waals surface area contributed by atoms with E-state index in [2.05, 4.69) is 10.3 Å². The number of ether oxygens (including phenoxy) is 1. The Labute approximate surface area is 101 Å². The molecule has 2 fully saturated rings. The molecule has 0 radical (unpaired) electrons. The molecule has 1 aromatic heterocycles. The van der Waals surface area contributed by atoms with Gasteiger partial charge < -0.3 is 15.1 Å². The maximum atomic E-state index is 8.30. The standard InChI is InChI=1S/C12H18N4O/c1-14-16-6-2-3-11(16)12(13)15-7-9-4-5-10(8-15)17-9/h2-3,6,9-10,13-14H,4-5,7-8H2,1H3/t9-,10+. The van der Waals surface area contributed by atoms with Crippen molar-refractivity contribution in [1.82, 2.24) is 9.58 Å². The van der Waals surface area contributed by atoms with Crippen molar-refractivity contribution < 1.29 is 4.74 Å². The summed E-state index contributed by atoms with van der Waals surface area (Å²) in [6.07, 6.45) is 4.86. The van der Waals surface area contributed by atoms with E-state index in [0.29, 0.717) is 18.0 Å². The maximum absolute atomic E-state index is 8.30. The van der Waals surface area contributed by atoms with Crippen LogP contribution in [0.2, 0.25) is 0 Å². The van der Waals surface area contributed by atoms with Crippen LogP contribution < -0.4 is 5.43 Å². The summed E-state index contributed by atoms with van der Waals surface area (Å²) in [4.78, 5) is 2.13. The number of fused-ring (bicyclic) bond motifs is 2. The quantitative estimate of drug-likeness (QED) is 0.589. The summed E-state index contributed by atoms with van der Waals surface area (Å²) < 4.78 is 7.67. The van der Waals surface area contributed by atoms with Crippen molar-refractivity contribution in [2.24, 2.45) is 0 Å². The van der Waals surface area contributed by atoms with Gasteiger partial charge in [0.15, 0.2) is 0 Å². The van der Waals surface area contributed by atoms with Crippen LogP contribution in [0.25, 0.3) is 0 Å². The fraction of sp³-hybridized carbons (Fsp3) is 0.583. The highest BCUT2D eigenvalue weighted by molar-refractivity contribution is 5.95. The Morgan fingerprint density at radius 2 is 2.12 bits per heavy atom. The average Bonchev–Trinajstić information content (AvgIpc) is 2.94. The molecule has 2 aliphatic rings. The second-order valence-corrected chi connectivity index (χ2v) is 4.70. The zero-order valence-corrected chi connectivity index (χ0v) is 10.0. The molecule has 2 N–H and O–H groups in total. The van der Waals surface area contributed by atoms with Gasteiger partial charge in [0.2, 0.25) is 0 Å². The van der Waals surface area contributed by atoms with Crippen molar-refractivity contribution in [3.05, 3.63) is 24.0 Å². The largest absolute Gasteiger partial charge is 0.371 e. The molecular formula is C12H18N4O. The van der Waals surface area contributed by atoms with Gasteiger partial charge in [-0.3, -0.25) is 10.1 Å². The van der Waals surface area contributed by atoms with Gasteiger partial charge >= 0.3 is 0 Å². The summed E-state index contributed by atoms with van der Waals surface area (Å²) in [5.74, 6) is 0.588. The molecule has 92 valence electrons. The summed E-state index contributed by atoms with van der Waals surface area (Å²) in [7, 11) is 1.86. The minimum Gasteiger partial charge on any atom is -0.371 e. The molecule has 3 rings (SSSR count). The van der Waals surface area contributed by atoms with E-state index in [0.717, 1.165) is 31.6 Å². The van der Waals surface area contributed by atoms with Gasteiger partial charge in [-0.05, 0) is 25.0 Å². The Morgan fingerprint density at radius 3 is 2.76 bits per heavy atom. The van der Waals surface area contributed by atoms with Crippen molar-refractivity contribution in [3.63, 3.8) is 0 Å². The first-order chi connectivity index (χ1) is 8.28. The number of amidine groups is 1. The Balaban J connectivity index is 1.78. The Hall–Kier alpha value is -1.49. The lowest BCUT2D eigenvalue weighted by molar-refractivity contribution is -0.0158. The maximum Gasteiger partial charge on any atom is 0.147 e. The highest BCUT2D eigenvalue weighted by atomic mass is 16.5. The average molecular weight is 234 g/mol. The van der Waals surface area contributed by atoms with E-state index in [4.69, 9.17) is 10.1 Å². The molecule has 0 unspecified atom stereocenters. The lowest BCUT2D eigenvalue weighted by Crippen LogP contribution is -2.46. The third kappa shape index (κ3) is 1.80. The van der Waals surface area contributed by atoms with Gasteiger partial charge in [0.05, 0.1) is 12.2 Å². The van der Waals surface area contributed by atoms with Gasteiger partial charge in [0.25, 0.3) is 0 Å². The summed E-state index contributed by atoms with van der Waals surface area (Å²) in [5, 5.41) is 8.30. The molecule has 0 aromatic carbocycles. The van der Waals surface area contributed by atoms with Crippen molar-refractivity contribution >= 4 is 5.84 Å². The van der Waals surface area contributed by atoms with Crippen molar-refractivity contribution in [3.8, 4) is 0 Å². The van der Waals surface area contributed by atoms with Crippen LogP contribution in [0.3, 0.4) is 0 Å². The highest BCUT2D eigenvalue weighted by Crippen LogP contribution is 2.27. The first-order valence-electron chi connectivity index (χ1n) is 6.12. The van der Waals surface area contributed by atoms with Crippen LogP contribution in [0.4, 0.5) is 0 Å². The zero-order chi connectivity index (χ0) is 11.8. The van der Waals surface area contributed by atoms with Crippen LogP contribution in [-0.2, 0) is 4.74 Å². The summed E-state index contributed by atoms with van der Waals surface area (Å²) in [6, 6.07) is 3.92. The Morgan fingerprint density at radius 1 is 1.41 bits per heavy atom. The second kappa shape index (κ2) is 4.07. The number of nitrogens with one attached hydrogen (secondary N) is 2. The van der Waals surface area contributed by atoms with Crippen LogP contribution >= 0.6 is 0 Å². The van der Waals surface area contributed by atoms with E-state index in [1.54, 1.807) is 0 Å². The van der Waals surface area contributed by atoms with Gasteiger partial charge in [-0.2, -0.15) is 0 Å². The predicted octanol–water partition coefficient (Wildman–Crippen LogP) is 0.850. The molecule has 5 heteroatoms. The van der Waals surface area contributed by atoms with Crippen molar-refractivity contribution in [2.45, 2.75) is 25.0 Å². The number of nitrogens with zero attached hydrogens (tertiary/aromatic N) is 2. The molecule has 1 aromatic rings. The molecule has 0 saturated carbocycles. The van der Waals surface area contributed by atoms with Crippen LogP contribution in [0.5, 0.6) is 0 Å². The normalized spacial score (nSPS) is 27.2. The van der Waals surface area contributed by atoms with E-state index < -0.39 is 0 Å². The van der Waals surface area contributed by atoms with E-state index in [9.17, 15) is 0 Å². The van der Waals surface area contributed by atoms with Crippen LogP contribution in [0.1, 0.15) is 18.5 Å². The molecule has 0 amide bonds. The monoisotopic (exact) mass is 234 g/mol. The summed E-state index contributed by atoms with van der Waals surface area (Å²) in [6.45, 7) is 1.70. The molecule has 2 aliphatic heterocycles. The molecular weight excluding hydrogens is 216 g/mol. The van der Waals surface area contributed by atoms with Crippen molar-refractivity contribution in [2.75, 3.05) is 25.6 Å². The van der Waals surface area contributed by atoms with Crippen LogP contribution in [-0.4, -0.2) is 47.8 Å². The molecule has 0 spiro atoms. The number of aromatic nitrogens is 1. The van der Waals surface area contributed by atoms with Gasteiger partial charge in [0, 0.05) is 26.3 Å². The number of rotatable bonds is 2. The predicted molar refractivity (Wildman–Crippen MR) is 66.0 cm³/mol. The first-order valence-corrected chi connectivity index (χ1v) is 6.12. The molecule has 2 saturated heterocycles. The number of morpholine rings is 1. The Bertz CT molecular complexity index is 416. The van der Waals surface area contributed by atoms with Gasteiger partial charge in [-0.25, -0.2) is 0 Å². The molecule has 3 heterocycles. The number of hydrogen-bond donors (Lipinski definition) is 2. The summed E-state index contributed by atoms with van der Waals surface area (Å²) in [5.41, 5.74) is 3.96. The van der Waals surface area contributed by atoms with E-state index >= 15 is 0 Å². The highest BCUT2D eigenvalue weighted by Gasteiger charge is 2.35. The molecule has 0 aliphatic carbocycles. The zero-order valence-electron chi connectivity index (χ0n) is 10.0. The van der Waals surface area contributed by atoms with Crippen LogP contribution in [0, 0.1) is 5.41 Å². The third-order valence-corrected chi connectivity index (χ3v) is 3.59. The van der Waals surface area contributed by atoms with E-state index in [1.165, 1.54) is 0 Å². The second-order valence-electron chi connectivity index (χ2n) is 4.70. The minimum atomic E-state index is 0.326. The molecule has 5 nitrogen and oxygen atoms in total. The van der Waals surface area contributed by atoms with Crippen molar-refractivity contribution in [1.29, 1.82) is 5.41 Å². The lowest BCUT2D eigenvalue weighted by Gasteiger charge is -2.34. The van der Waals surface area contributed by atoms with Gasteiger partial charge in [0.1, 0.15) is 11.5 Å². The van der Waals surface area contributed by atoms with Gasteiger partial charge in [-0.15, -0.1) is 0 Å². The molecule has 17 heavy (non-hydrogen) atoms. The first kappa shape index (κ1) is 10.7. The lowest BCUT2D eigenvalue weighted by atomic mass is 10.2.